The molecule has 1 aromatic heterocycles. The molecule has 0 aliphatic carbocycles. The highest BCUT2D eigenvalue weighted by molar-refractivity contribution is 5.78. The first-order valence-corrected chi connectivity index (χ1v) is 10.3. The van der Waals surface area contributed by atoms with Crippen LogP contribution in [0.4, 0.5) is 0 Å². The summed E-state index contributed by atoms with van der Waals surface area (Å²) in [6.45, 7) is 4.42. The molecule has 1 N–H and O–H groups in total. The average molecular weight is 396 g/mol. The van der Waals surface area contributed by atoms with Crippen LogP contribution in [-0.2, 0) is 17.8 Å². The van der Waals surface area contributed by atoms with Crippen molar-refractivity contribution in [2.24, 2.45) is 0 Å². The van der Waals surface area contributed by atoms with Crippen molar-refractivity contribution in [2.75, 3.05) is 26.8 Å². The number of carbonyl (C=O) groups excluding carboxylic acids is 1. The Morgan fingerprint density at radius 2 is 2.21 bits per heavy atom. The standard InChI is InChI=1S/C22H28N4O3/c1-15-6-7-19(20(11-15)28-2)29-14-21(27)26-10-4-3-5-18(26)22-24-13-16-12-23-9-8-17(16)25-22/h6-7,11,13,18,23H,3-5,8-10,12,14H2,1-2H3/t18-/m1/s1. The number of ether oxygens (including phenoxy) is 2. The fourth-order valence-electron chi connectivity index (χ4n) is 4.03. The lowest BCUT2D eigenvalue weighted by molar-refractivity contribution is -0.137. The summed E-state index contributed by atoms with van der Waals surface area (Å²) >= 11 is 0. The molecule has 3 heterocycles. The van der Waals surface area contributed by atoms with Crippen molar-refractivity contribution in [1.82, 2.24) is 20.2 Å². The summed E-state index contributed by atoms with van der Waals surface area (Å²) in [5.41, 5.74) is 3.34. The van der Waals surface area contributed by atoms with Crippen molar-refractivity contribution in [2.45, 2.75) is 45.2 Å². The Labute approximate surface area is 171 Å². The summed E-state index contributed by atoms with van der Waals surface area (Å²) in [5, 5.41) is 3.34. The van der Waals surface area contributed by atoms with Crippen LogP contribution in [-0.4, -0.2) is 47.6 Å². The first kappa shape index (κ1) is 19.6. The molecule has 0 spiro atoms. The van der Waals surface area contributed by atoms with Crippen molar-refractivity contribution in [3.8, 4) is 11.5 Å². The van der Waals surface area contributed by atoms with E-state index in [0.717, 1.165) is 61.4 Å². The van der Waals surface area contributed by atoms with Gasteiger partial charge in [-0.25, -0.2) is 9.97 Å². The number of benzene rings is 1. The van der Waals surface area contributed by atoms with E-state index in [9.17, 15) is 4.79 Å². The van der Waals surface area contributed by atoms with E-state index in [1.807, 2.05) is 36.2 Å². The molecule has 7 nitrogen and oxygen atoms in total. The fourth-order valence-corrected chi connectivity index (χ4v) is 4.03. The number of rotatable bonds is 5. The highest BCUT2D eigenvalue weighted by Crippen LogP contribution is 2.31. The molecule has 0 saturated carbocycles. The minimum Gasteiger partial charge on any atom is -0.493 e. The summed E-state index contributed by atoms with van der Waals surface area (Å²) < 4.78 is 11.2. The third kappa shape index (κ3) is 4.34. The number of aryl methyl sites for hydroxylation is 1. The topological polar surface area (TPSA) is 76.6 Å². The molecule has 29 heavy (non-hydrogen) atoms. The Balaban J connectivity index is 1.48. The first-order chi connectivity index (χ1) is 14.2. The number of likely N-dealkylation sites (tertiary alicyclic amines) is 1. The second-order valence-corrected chi connectivity index (χ2v) is 7.67. The van der Waals surface area contributed by atoms with Gasteiger partial charge in [-0.1, -0.05) is 6.07 Å². The monoisotopic (exact) mass is 396 g/mol. The normalized spacial score (nSPS) is 18.8. The van der Waals surface area contributed by atoms with Gasteiger partial charge in [-0.15, -0.1) is 0 Å². The predicted molar refractivity (Wildman–Crippen MR) is 109 cm³/mol. The van der Waals surface area contributed by atoms with Crippen LogP contribution in [0, 0.1) is 6.92 Å². The molecule has 1 atom stereocenters. The van der Waals surface area contributed by atoms with Crippen LogP contribution >= 0.6 is 0 Å². The quantitative estimate of drug-likeness (QED) is 0.837. The first-order valence-electron chi connectivity index (χ1n) is 10.3. The van der Waals surface area contributed by atoms with Gasteiger partial charge in [0.15, 0.2) is 23.9 Å². The molecule has 154 valence electrons. The highest BCUT2D eigenvalue weighted by Gasteiger charge is 2.31. The van der Waals surface area contributed by atoms with Crippen molar-refractivity contribution >= 4 is 5.91 Å². The zero-order valence-corrected chi connectivity index (χ0v) is 17.1. The van der Waals surface area contributed by atoms with Crippen LogP contribution in [0.2, 0.25) is 0 Å². The Hall–Kier alpha value is -2.67. The van der Waals surface area contributed by atoms with Gasteiger partial charge in [-0.05, 0) is 43.9 Å². The number of piperidine rings is 1. The van der Waals surface area contributed by atoms with E-state index in [1.54, 1.807) is 7.11 Å². The molecule has 0 unspecified atom stereocenters. The van der Waals surface area contributed by atoms with Crippen LogP contribution in [0.15, 0.2) is 24.4 Å². The molecule has 0 radical (unpaired) electrons. The molecular formula is C22H28N4O3. The predicted octanol–water partition coefficient (Wildman–Crippen LogP) is 2.57. The van der Waals surface area contributed by atoms with Crippen molar-refractivity contribution in [3.05, 3.63) is 47.0 Å². The second kappa shape index (κ2) is 8.78. The van der Waals surface area contributed by atoms with Crippen LogP contribution in [0.5, 0.6) is 11.5 Å². The van der Waals surface area contributed by atoms with E-state index in [0.29, 0.717) is 18.0 Å². The number of nitrogens with one attached hydrogen (secondary N) is 1. The molecule has 1 amide bonds. The number of aromatic nitrogens is 2. The minimum absolute atomic E-state index is 0.0230. The highest BCUT2D eigenvalue weighted by atomic mass is 16.5. The third-order valence-electron chi connectivity index (χ3n) is 5.62. The fraction of sp³-hybridized carbons (Fsp3) is 0.500. The van der Waals surface area contributed by atoms with Gasteiger partial charge in [0.05, 0.1) is 13.2 Å². The Kier molecular flexibility index (Phi) is 5.94. The zero-order valence-electron chi connectivity index (χ0n) is 17.1. The molecule has 2 aromatic rings. The maximum absolute atomic E-state index is 13.0. The largest absolute Gasteiger partial charge is 0.493 e. The lowest BCUT2D eigenvalue weighted by atomic mass is 10.0. The lowest BCUT2D eigenvalue weighted by Gasteiger charge is -2.35. The Bertz CT molecular complexity index is 886. The summed E-state index contributed by atoms with van der Waals surface area (Å²) in [6.07, 6.45) is 5.77. The van der Waals surface area contributed by atoms with Crippen LogP contribution in [0.1, 0.15) is 47.9 Å². The van der Waals surface area contributed by atoms with Gasteiger partial charge < -0.3 is 19.7 Å². The molecule has 1 saturated heterocycles. The van der Waals surface area contributed by atoms with Gasteiger partial charge in [0.25, 0.3) is 5.91 Å². The van der Waals surface area contributed by atoms with Crippen LogP contribution < -0.4 is 14.8 Å². The maximum atomic E-state index is 13.0. The second-order valence-electron chi connectivity index (χ2n) is 7.67. The SMILES string of the molecule is COc1cc(C)ccc1OCC(=O)N1CCCC[C@@H]1c1ncc2c(n1)CCNC2. The smallest absolute Gasteiger partial charge is 0.261 e. The third-order valence-corrected chi connectivity index (χ3v) is 5.62. The van der Waals surface area contributed by atoms with Crippen LogP contribution in [0.3, 0.4) is 0 Å². The van der Waals surface area contributed by atoms with E-state index >= 15 is 0 Å². The minimum atomic E-state index is -0.0834. The van der Waals surface area contributed by atoms with Gasteiger partial charge in [0.1, 0.15) is 0 Å². The van der Waals surface area contributed by atoms with E-state index < -0.39 is 0 Å². The average Bonchev–Trinajstić information content (AvgIpc) is 2.77. The van der Waals surface area contributed by atoms with Gasteiger partial charge in [-0.2, -0.15) is 0 Å². The molecule has 0 bridgehead atoms. The molecule has 4 rings (SSSR count). The van der Waals surface area contributed by atoms with E-state index in [-0.39, 0.29) is 18.6 Å². The zero-order chi connectivity index (χ0) is 20.2. The molecule has 2 aliphatic heterocycles. The summed E-state index contributed by atoms with van der Waals surface area (Å²) in [7, 11) is 1.60. The lowest BCUT2D eigenvalue weighted by Crippen LogP contribution is -2.42. The Morgan fingerprint density at radius 1 is 1.31 bits per heavy atom. The van der Waals surface area contributed by atoms with Crippen molar-refractivity contribution in [3.63, 3.8) is 0 Å². The van der Waals surface area contributed by atoms with E-state index in [4.69, 9.17) is 14.5 Å². The molecule has 1 aromatic carbocycles. The number of hydrogen-bond acceptors (Lipinski definition) is 6. The number of hydrogen-bond donors (Lipinski definition) is 1. The molecule has 7 heteroatoms. The van der Waals surface area contributed by atoms with Gasteiger partial charge in [0, 0.05) is 43.5 Å². The molecular weight excluding hydrogens is 368 g/mol. The number of nitrogens with zero attached hydrogens (tertiary/aromatic N) is 3. The maximum Gasteiger partial charge on any atom is 0.261 e. The number of fused-ring (bicyclic) bond motifs is 1. The number of amides is 1. The summed E-state index contributed by atoms with van der Waals surface area (Å²) in [4.78, 5) is 24.3. The van der Waals surface area contributed by atoms with E-state index in [1.165, 1.54) is 0 Å². The molecule has 1 fully saturated rings. The molecule has 2 aliphatic rings. The summed E-state index contributed by atoms with van der Waals surface area (Å²) in [5.74, 6) is 1.93. The van der Waals surface area contributed by atoms with Gasteiger partial charge >= 0.3 is 0 Å². The number of methoxy groups -OCH3 is 1. The Morgan fingerprint density at radius 3 is 3.07 bits per heavy atom. The van der Waals surface area contributed by atoms with Gasteiger partial charge in [-0.3, -0.25) is 4.79 Å². The number of carbonyl (C=O) groups is 1. The van der Waals surface area contributed by atoms with Crippen molar-refractivity contribution < 1.29 is 14.3 Å². The van der Waals surface area contributed by atoms with E-state index in [2.05, 4.69) is 10.3 Å². The van der Waals surface area contributed by atoms with Crippen molar-refractivity contribution in [1.29, 1.82) is 0 Å². The van der Waals surface area contributed by atoms with Gasteiger partial charge in [0.2, 0.25) is 0 Å². The summed E-state index contributed by atoms with van der Waals surface area (Å²) in [6, 6.07) is 5.61. The van der Waals surface area contributed by atoms with Crippen LogP contribution in [0.25, 0.3) is 0 Å².